The van der Waals surface area contributed by atoms with Gasteiger partial charge in [-0.15, -0.1) is 0 Å². The van der Waals surface area contributed by atoms with Gasteiger partial charge in [0.05, 0.1) is 12.1 Å². The van der Waals surface area contributed by atoms with E-state index in [-0.39, 0.29) is 24.4 Å². The minimum Gasteiger partial charge on any atom is -0.493 e. The van der Waals surface area contributed by atoms with E-state index in [4.69, 9.17) is 4.74 Å². The van der Waals surface area contributed by atoms with Crippen LogP contribution < -0.4 is 10.1 Å². The summed E-state index contributed by atoms with van der Waals surface area (Å²) in [6.45, 7) is 2.28. The Morgan fingerprint density at radius 3 is 2.96 bits per heavy atom. The van der Waals surface area contributed by atoms with Gasteiger partial charge in [-0.1, -0.05) is 6.92 Å². The van der Waals surface area contributed by atoms with E-state index in [1.54, 1.807) is 13.0 Å². The summed E-state index contributed by atoms with van der Waals surface area (Å²) in [5, 5.41) is 6.31. The number of hydrogen-bond donors (Lipinski definition) is 1. The van der Waals surface area contributed by atoms with Crippen LogP contribution in [-0.4, -0.2) is 28.7 Å². The maximum absolute atomic E-state index is 13.3. The molecule has 0 unspecified atom stereocenters. The molecule has 0 fully saturated rings. The predicted octanol–water partition coefficient (Wildman–Crippen LogP) is 2.36. The molecule has 1 N–H and O–H groups in total. The van der Waals surface area contributed by atoms with E-state index in [0.29, 0.717) is 30.7 Å². The third-order valence-electron chi connectivity index (χ3n) is 3.86. The number of ether oxygens (including phenoxy) is 1. The largest absolute Gasteiger partial charge is 0.493 e. The van der Waals surface area contributed by atoms with Crippen LogP contribution in [-0.2, 0) is 23.8 Å². The van der Waals surface area contributed by atoms with Gasteiger partial charge in [-0.25, -0.2) is 4.52 Å². The molecule has 8 heteroatoms. The van der Waals surface area contributed by atoms with Crippen LogP contribution >= 0.6 is 0 Å². The van der Waals surface area contributed by atoms with Crippen LogP contribution in [0.5, 0.6) is 5.75 Å². The monoisotopic (exact) mass is 327 g/mol. The molecule has 2 aromatic rings. The molecule has 2 aromatic heterocycles. The first-order valence-electron chi connectivity index (χ1n) is 7.41. The highest BCUT2D eigenvalue weighted by Gasteiger charge is 2.38. The van der Waals surface area contributed by atoms with Crippen LogP contribution in [0.15, 0.2) is 12.3 Å². The van der Waals surface area contributed by atoms with Crippen LogP contribution in [0.25, 0.3) is 5.52 Å². The normalized spacial score (nSPS) is 13.9. The van der Waals surface area contributed by atoms with Gasteiger partial charge in [0.2, 0.25) is 5.91 Å². The molecule has 3 rings (SSSR count). The van der Waals surface area contributed by atoms with Crippen molar-refractivity contribution in [3.05, 3.63) is 29.1 Å². The van der Waals surface area contributed by atoms with Crippen LogP contribution in [0.2, 0.25) is 0 Å². The molecule has 0 spiro atoms. The van der Waals surface area contributed by atoms with Crippen LogP contribution in [0, 0.1) is 0 Å². The van der Waals surface area contributed by atoms with Gasteiger partial charge < -0.3 is 10.1 Å². The van der Waals surface area contributed by atoms with Crippen molar-refractivity contribution < 1.29 is 22.7 Å². The summed E-state index contributed by atoms with van der Waals surface area (Å²) in [6, 6.07) is 1.63. The molecular formula is C15H16F3N3O2. The summed E-state index contributed by atoms with van der Waals surface area (Å²) >= 11 is 0. The maximum atomic E-state index is 13.3. The molecule has 0 saturated heterocycles. The second kappa shape index (κ2) is 5.75. The summed E-state index contributed by atoms with van der Waals surface area (Å²) < 4.78 is 46.6. The zero-order valence-corrected chi connectivity index (χ0v) is 12.5. The maximum Gasteiger partial charge on any atom is 0.435 e. The van der Waals surface area contributed by atoms with E-state index in [1.807, 2.05) is 0 Å². The van der Waals surface area contributed by atoms with E-state index in [0.717, 1.165) is 5.56 Å². The summed E-state index contributed by atoms with van der Waals surface area (Å²) in [7, 11) is 0. The highest BCUT2D eigenvalue weighted by atomic mass is 19.4. The van der Waals surface area contributed by atoms with Crippen LogP contribution in [0.3, 0.4) is 0 Å². The van der Waals surface area contributed by atoms with E-state index in [9.17, 15) is 18.0 Å². The van der Waals surface area contributed by atoms with E-state index in [2.05, 4.69) is 10.4 Å². The van der Waals surface area contributed by atoms with Gasteiger partial charge in [-0.3, -0.25) is 4.79 Å². The van der Waals surface area contributed by atoms with E-state index >= 15 is 0 Å². The van der Waals surface area contributed by atoms with Gasteiger partial charge in [-0.05, 0) is 12.5 Å². The first-order valence-corrected chi connectivity index (χ1v) is 7.41. The molecule has 0 radical (unpaired) electrons. The van der Waals surface area contributed by atoms with Gasteiger partial charge in [0.25, 0.3) is 0 Å². The molecule has 1 amide bonds. The number of pyridine rings is 1. The Hall–Kier alpha value is -2.25. The third-order valence-corrected chi connectivity index (χ3v) is 3.86. The lowest BCUT2D eigenvalue weighted by Crippen LogP contribution is -2.25. The Morgan fingerprint density at radius 1 is 1.48 bits per heavy atom. The summed E-state index contributed by atoms with van der Waals surface area (Å²) in [6.07, 6.45) is -2.15. The summed E-state index contributed by atoms with van der Waals surface area (Å²) in [5.41, 5.74) is 0.394. The van der Waals surface area contributed by atoms with Crippen molar-refractivity contribution >= 4 is 11.4 Å². The molecule has 0 aliphatic carbocycles. The minimum absolute atomic E-state index is 0.0700. The second-order valence-electron chi connectivity index (χ2n) is 5.33. The number of amides is 1. The van der Waals surface area contributed by atoms with Gasteiger partial charge >= 0.3 is 6.18 Å². The molecule has 23 heavy (non-hydrogen) atoms. The first kappa shape index (κ1) is 15.6. The molecule has 124 valence electrons. The Balaban J connectivity index is 2.04. The fourth-order valence-corrected chi connectivity index (χ4v) is 2.81. The van der Waals surface area contributed by atoms with E-state index in [1.165, 1.54) is 10.7 Å². The van der Waals surface area contributed by atoms with Crippen molar-refractivity contribution in [3.8, 4) is 5.75 Å². The first-order chi connectivity index (χ1) is 10.9. The quantitative estimate of drug-likeness (QED) is 0.938. The SMILES string of the molecule is CCC(=O)NCCc1c(C(F)(F)F)nn2ccc3c(c12)CCO3. The minimum atomic E-state index is -4.54. The molecule has 0 aromatic carbocycles. The average molecular weight is 327 g/mol. The Morgan fingerprint density at radius 2 is 2.26 bits per heavy atom. The number of carbonyl (C=O) groups excluding carboxylic acids is 1. The molecule has 0 atom stereocenters. The van der Waals surface area contributed by atoms with Crippen molar-refractivity contribution in [3.63, 3.8) is 0 Å². The third kappa shape index (κ3) is 2.85. The highest BCUT2D eigenvalue weighted by Crippen LogP contribution is 2.37. The van der Waals surface area contributed by atoms with Crippen LogP contribution in [0.1, 0.15) is 30.2 Å². The molecule has 3 heterocycles. The zero-order chi connectivity index (χ0) is 16.6. The Bertz CT molecular complexity index is 752. The molecular weight excluding hydrogens is 311 g/mol. The number of halogens is 3. The lowest BCUT2D eigenvalue weighted by molar-refractivity contribution is -0.141. The lowest BCUT2D eigenvalue weighted by Gasteiger charge is -2.08. The highest BCUT2D eigenvalue weighted by molar-refractivity contribution is 5.75. The fraction of sp³-hybridized carbons (Fsp3) is 0.467. The van der Waals surface area contributed by atoms with Crippen molar-refractivity contribution in [2.75, 3.05) is 13.2 Å². The van der Waals surface area contributed by atoms with Gasteiger partial charge in [0.1, 0.15) is 5.75 Å². The van der Waals surface area contributed by atoms with Crippen molar-refractivity contribution in [2.45, 2.75) is 32.4 Å². The molecule has 1 aliphatic heterocycles. The number of aromatic nitrogens is 2. The molecule has 5 nitrogen and oxygen atoms in total. The lowest BCUT2D eigenvalue weighted by atomic mass is 10.0. The number of fused-ring (bicyclic) bond motifs is 3. The summed E-state index contributed by atoms with van der Waals surface area (Å²) in [5.74, 6) is 0.411. The predicted molar refractivity (Wildman–Crippen MR) is 76.4 cm³/mol. The fourth-order valence-electron chi connectivity index (χ4n) is 2.81. The second-order valence-corrected chi connectivity index (χ2v) is 5.33. The van der Waals surface area contributed by atoms with E-state index < -0.39 is 11.9 Å². The molecule has 0 bridgehead atoms. The van der Waals surface area contributed by atoms with Crippen LogP contribution in [0.4, 0.5) is 13.2 Å². The topological polar surface area (TPSA) is 55.6 Å². The van der Waals surface area contributed by atoms with Crippen molar-refractivity contribution in [1.82, 2.24) is 14.9 Å². The number of hydrogen-bond acceptors (Lipinski definition) is 3. The Labute approximate surface area is 130 Å². The number of alkyl halides is 3. The smallest absolute Gasteiger partial charge is 0.435 e. The molecule has 1 aliphatic rings. The number of rotatable bonds is 4. The van der Waals surface area contributed by atoms with Gasteiger partial charge in [0, 0.05) is 36.7 Å². The van der Waals surface area contributed by atoms with Gasteiger partial charge in [-0.2, -0.15) is 18.3 Å². The standard InChI is InChI=1S/C15H16F3N3O2/c1-2-12(22)19-6-3-10-13-9-5-8-23-11(9)4-7-21(13)20-14(10)15(16,17)18/h4,7H,2-3,5-6,8H2,1H3,(H,19,22). The number of nitrogens with zero attached hydrogens (tertiary/aromatic N) is 2. The Kier molecular flexibility index (Phi) is 3.91. The van der Waals surface area contributed by atoms with Gasteiger partial charge in [0.15, 0.2) is 5.69 Å². The average Bonchev–Trinajstić information content (AvgIpc) is 3.09. The van der Waals surface area contributed by atoms with Crippen molar-refractivity contribution in [1.29, 1.82) is 0 Å². The molecule has 0 saturated carbocycles. The zero-order valence-electron chi connectivity index (χ0n) is 12.5. The number of carbonyl (C=O) groups is 1. The summed E-state index contributed by atoms with van der Waals surface area (Å²) in [4.78, 5) is 11.3. The number of nitrogens with one attached hydrogen (secondary N) is 1. The van der Waals surface area contributed by atoms with Crippen molar-refractivity contribution in [2.24, 2.45) is 0 Å².